The number of hydrogen-bond donors (Lipinski definition) is 1. The van der Waals surface area contributed by atoms with Gasteiger partial charge in [0.15, 0.2) is 9.84 Å². The van der Waals surface area contributed by atoms with Crippen molar-refractivity contribution >= 4 is 32.5 Å². The summed E-state index contributed by atoms with van der Waals surface area (Å²) in [6, 6.07) is 21.6. The van der Waals surface area contributed by atoms with Gasteiger partial charge in [-0.3, -0.25) is 0 Å². The van der Waals surface area contributed by atoms with Crippen LogP contribution in [0.15, 0.2) is 66.7 Å². The number of carbonyl (C=O) groups is 1. The number of imidazole rings is 1. The Hall–Kier alpha value is -3.65. The number of hydrogen-bond acceptors (Lipinski definition) is 6. The van der Waals surface area contributed by atoms with E-state index >= 15 is 0 Å². The molecule has 218 valence electrons. The van der Waals surface area contributed by atoms with E-state index in [1.807, 2.05) is 94.4 Å². The Labute approximate surface area is 243 Å². The van der Waals surface area contributed by atoms with Gasteiger partial charge in [0.25, 0.3) is 0 Å². The van der Waals surface area contributed by atoms with E-state index < -0.39 is 15.4 Å². The molecular formula is C33H41N3O4S. The van der Waals surface area contributed by atoms with E-state index in [0.29, 0.717) is 18.5 Å². The van der Waals surface area contributed by atoms with Crippen LogP contribution < -0.4 is 5.32 Å². The SMILES string of the molecule is CCCCc1nc2ccc(NCS(=O)(=O)CCC)cc2n1Cc1ccc(-c2ccccc2)c(C(=O)OC(C)(C)C)c1. The zero-order chi connectivity index (χ0) is 29.6. The zero-order valence-corrected chi connectivity index (χ0v) is 25.6. The van der Waals surface area contributed by atoms with Gasteiger partial charge in [-0.15, -0.1) is 0 Å². The summed E-state index contributed by atoms with van der Waals surface area (Å²) in [5.74, 6) is 0.646. The quantitative estimate of drug-likeness (QED) is 0.179. The van der Waals surface area contributed by atoms with Crippen LogP contribution in [0.3, 0.4) is 0 Å². The number of fused-ring (bicyclic) bond motifs is 1. The van der Waals surface area contributed by atoms with Gasteiger partial charge in [-0.1, -0.05) is 62.7 Å². The third-order valence-corrected chi connectivity index (χ3v) is 8.34. The number of ether oxygens (including phenoxy) is 1. The van der Waals surface area contributed by atoms with Crippen molar-refractivity contribution in [3.8, 4) is 11.1 Å². The molecule has 4 rings (SSSR count). The Bertz CT molecular complexity index is 1600. The highest BCUT2D eigenvalue weighted by molar-refractivity contribution is 7.91. The maximum atomic E-state index is 13.4. The van der Waals surface area contributed by atoms with E-state index in [1.165, 1.54) is 0 Å². The van der Waals surface area contributed by atoms with Crippen molar-refractivity contribution in [1.29, 1.82) is 0 Å². The van der Waals surface area contributed by atoms with Crippen LogP contribution in [0.5, 0.6) is 0 Å². The van der Waals surface area contributed by atoms with Crippen LogP contribution in [0.4, 0.5) is 5.69 Å². The second kappa shape index (κ2) is 12.9. The molecule has 0 bridgehead atoms. The van der Waals surface area contributed by atoms with Gasteiger partial charge in [0.05, 0.1) is 22.3 Å². The van der Waals surface area contributed by atoms with Crippen molar-refractivity contribution in [3.63, 3.8) is 0 Å². The fraction of sp³-hybridized carbons (Fsp3) is 0.394. The summed E-state index contributed by atoms with van der Waals surface area (Å²) in [6.45, 7) is 10.1. The van der Waals surface area contributed by atoms with Crippen molar-refractivity contribution in [2.75, 3.05) is 16.9 Å². The van der Waals surface area contributed by atoms with E-state index in [2.05, 4.69) is 16.8 Å². The lowest BCUT2D eigenvalue weighted by molar-refractivity contribution is 0.00702. The molecule has 1 N–H and O–H groups in total. The summed E-state index contributed by atoms with van der Waals surface area (Å²) in [5.41, 5.74) is 5.12. The molecule has 0 atom stereocenters. The first-order valence-electron chi connectivity index (χ1n) is 14.3. The third-order valence-electron chi connectivity index (χ3n) is 6.72. The Morgan fingerprint density at radius 2 is 1.73 bits per heavy atom. The number of sulfone groups is 1. The Morgan fingerprint density at radius 1 is 0.976 bits per heavy atom. The van der Waals surface area contributed by atoms with Crippen LogP contribution in [0.2, 0.25) is 0 Å². The van der Waals surface area contributed by atoms with Gasteiger partial charge in [0.2, 0.25) is 0 Å². The Morgan fingerprint density at radius 3 is 2.41 bits per heavy atom. The standard InChI is InChI=1S/C33H41N3O4S/c1-6-8-14-31-35-29-18-16-26(34-23-41(38,39)19-7-2)21-30(29)36(31)22-24-15-17-27(25-12-10-9-11-13-25)28(20-24)32(37)40-33(3,4)5/h9-13,15-18,20-21,34H,6-8,14,19,22-23H2,1-5H3. The van der Waals surface area contributed by atoms with Crippen LogP contribution >= 0.6 is 0 Å². The van der Waals surface area contributed by atoms with E-state index in [0.717, 1.165) is 58.5 Å². The highest BCUT2D eigenvalue weighted by atomic mass is 32.2. The zero-order valence-electron chi connectivity index (χ0n) is 24.7. The number of aromatic nitrogens is 2. The molecule has 4 aromatic rings. The molecule has 1 aromatic heterocycles. The van der Waals surface area contributed by atoms with Crippen LogP contribution in [0.25, 0.3) is 22.2 Å². The summed E-state index contributed by atoms with van der Waals surface area (Å²) in [5, 5.41) is 3.09. The van der Waals surface area contributed by atoms with Gasteiger partial charge in [-0.2, -0.15) is 0 Å². The van der Waals surface area contributed by atoms with Crippen molar-refractivity contribution < 1.29 is 17.9 Å². The summed E-state index contributed by atoms with van der Waals surface area (Å²) >= 11 is 0. The highest BCUT2D eigenvalue weighted by Gasteiger charge is 2.22. The highest BCUT2D eigenvalue weighted by Crippen LogP contribution is 2.29. The van der Waals surface area contributed by atoms with Crippen molar-refractivity contribution in [2.45, 2.75) is 72.4 Å². The van der Waals surface area contributed by atoms with E-state index in [9.17, 15) is 13.2 Å². The number of benzene rings is 3. The largest absolute Gasteiger partial charge is 0.456 e. The molecule has 0 amide bonds. The normalized spacial score (nSPS) is 12.0. The Balaban J connectivity index is 1.74. The molecule has 41 heavy (non-hydrogen) atoms. The predicted molar refractivity (Wildman–Crippen MR) is 167 cm³/mol. The number of nitrogens with zero attached hydrogens (tertiary/aromatic N) is 2. The molecule has 0 aliphatic rings. The number of unbranched alkanes of at least 4 members (excludes halogenated alkanes) is 1. The van der Waals surface area contributed by atoms with Crippen molar-refractivity contribution in [1.82, 2.24) is 9.55 Å². The lowest BCUT2D eigenvalue weighted by atomic mass is 9.97. The number of anilines is 1. The molecule has 3 aromatic carbocycles. The maximum absolute atomic E-state index is 13.4. The molecule has 0 aliphatic carbocycles. The predicted octanol–water partition coefficient (Wildman–Crippen LogP) is 7.24. The van der Waals surface area contributed by atoms with E-state index in [-0.39, 0.29) is 17.6 Å². The third kappa shape index (κ3) is 7.97. The molecule has 0 aliphatic heterocycles. The van der Waals surface area contributed by atoms with Crippen molar-refractivity contribution in [3.05, 3.63) is 83.7 Å². The smallest absolute Gasteiger partial charge is 0.339 e. The van der Waals surface area contributed by atoms with Gasteiger partial charge < -0.3 is 14.6 Å². The fourth-order valence-electron chi connectivity index (χ4n) is 4.80. The first-order valence-corrected chi connectivity index (χ1v) is 16.2. The summed E-state index contributed by atoms with van der Waals surface area (Å²) in [6.07, 6.45) is 3.45. The molecule has 0 radical (unpaired) electrons. The van der Waals surface area contributed by atoms with Crippen LogP contribution in [-0.2, 0) is 27.5 Å². The first-order chi connectivity index (χ1) is 19.5. The summed E-state index contributed by atoms with van der Waals surface area (Å²) in [4.78, 5) is 18.3. The van der Waals surface area contributed by atoms with Crippen LogP contribution in [0, 0.1) is 0 Å². The lowest BCUT2D eigenvalue weighted by Gasteiger charge is -2.21. The minimum absolute atomic E-state index is 0.108. The number of carbonyl (C=O) groups excluding carboxylic acids is 1. The monoisotopic (exact) mass is 575 g/mol. The van der Waals surface area contributed by atoms with Gasteiger partial charge in [0.1, 0.15) is 17.3 Å². The summed E-state index contributed by atoms with van der Waals surface area (Å²) in [7, 11) is -3.18. The first kappa shape index (κ1) is 30.3. The number of nitrogens with one attached hydrogen (secondary N) is 1. The van der Waals surface area contributed by atoms with Crippen molar-refractivity contribution in [2.24, 2.45) is 0 Å². The number of aryl methyl sites for hydroxylation is 1. The summed E-state index contributed by atoms with van der Waals surface area (Å²) < 4.78 is 32.5. The Kier molecular flexibility index (Phi) is 9.53. The average Bonchev–Trinajstić information content (AvgIpc) is 3.26. The maximum Gasteiger partial charge on any atom is 0.339 e. The number of rotatable bonds is 12. The van der Waals surface area contributed by atoms with Crippen LogP contribution in [-0.4, -0.2) is 41.2 Å². The molecule has 0 fully saturated rings. The van der Waals surface area contributed by atoms with E-state index in [4.69, 9.17) is 9.72 Å². The minimum Gasteiger partial charge on any atom is -0.456 e. The second-order valence-corrected chi connectivity index (χ2v) is 13.6. The van der Waals surface area contributed by atoms with Crippen LogP contribution in [0.1, 0.15) is 75.6 Å². The molecule has 0 saturated heterocycles. The molecule has 7 nitrogen and oxygen atoms in total. The number of esters is 1. The van der Waals surface area contributed by atoms with Gasteiger partial charge in [0, 0.05) is 18.7 Å². The van der Waals surface area contributed by atoms with Gasteiger partial charge >= 0.3 is 5.97 Å². The molecule has 0 saturated carbocycles. The fourth-order valence-corrected chi connectivity index (χ4v) is 5.96. The second-order valence-electron chi connectivity index (χ2n) is 11.4. The minimum atomic E-state index is -3.18. The lowest BCUT2D eigenvalue weighted by Crippen LogP contribution is -2.24. The molecule has 8 heteroatoms. The average molecular weight is 576 g/mol. The molecule has 1 heterocycles. The molecule has 0 unspecified atom stereocenters. The molecular weight excluding hydrogens is 534 g/mol. The van der Waals surface area contributed by atoms with Gasteiger partial charge in [-0.05, 0) is 74.6 Å². The topological polar surface area (TPSA) is 90.3 Å². The van der Waals surface area contributed by atoms with E-state index in [1.54, 1.807) is 0 Å². The van der Waals surface area contributed by atoms with Gasteiger partial charge in [-0.25, -0.2) is 18.2 Å². The molecule has 0 spiro atoms.